The Hall–Kier alpha value is -5.70. The number of carbonyl (C=O) groups is 4. The van der Waals surface area contributed by atoms with Gasteiger partial charge in [0.05, 0.1) is 19.8 Å². The molecule has 1 fully saturated rings. The van der Waals surface area contributed by atoms with Gasteiger partial charge in [0.15, 0.2) is 18.1 Å². The van der Waals surface area contributed by atoms with E-state index in [2.05, 4.69) is 22.0 Å². The van der Waals surface area contributed by atoms with E-state index in [1.165, 1.54) is 25.8 Å². The lowest BCUT2D eigenvalue weighted by Gasteiger charge is -2.34. The Kier molecular flexibility index (Phi) is 11.7. The van der Waals surface area contributed by atoms with Crippen LogP contribution in [-0.4, -0.2) is 102 Å². The molecule has 15 heteroatoms. The van der Waals surface area contributed by atoms with E-state index in [0.29, 0.717) is 41.1 Å². The molecule has 2 N–H and O–H groups in total. The molecule has 1 aliphatic heterocycles. The number of carboxylic acids is 2. The monoisotopic (exact) mass is 683 g/mol. The van der Waals surface area contributed by atoms with Crippen LogP contribution in [0.15, 0.2) is 72.9 Å². The summed E-state index contributed by atoms with van der Waals surface area (Å²) in [4.78, 5) is 55.5. The van der Waals surface area contributed by atoms with Crippen molar-refractivity contribution in [3.05, 3.63) is 95.3 Å². The molecule has 2 heterocycles. The number of pyridine rings is 1. The van der Waals surface area contributed by atoms with Crippen molar-refractivity contribution in [2.24, 2.45) is 0 Å². The first-order valence-electron chi connectivity index (χ1n) is 14.7. The van der Waals surface area contributed by atoms with E-state index in [-0.39, 0.29) is 29.3 Å². The van der Waals surface area contributed by atoms with E-state index in [1.807, 2.05) is 18.2 Å². The van der Waals surface area contributed by atoms with Gasteiger partial charge < -0.3 is 29.3 Å². The van der Waals surface area contributed by atoms with Gasteiger partial charge >= 0.3 is 18.1 Å². The summed E-state index contributed by atoms with van der Waals surface area (Å²) in [5.41, 5.74) is 1.51. The zero-order valence-electron chi connectivity index (χ0n) is 26.4. The first kappa shape index (κ1) is 36.1. The van der Waals surface area contributed by atoms with Crippen LogP contribution in [-0.2, 0) is 16.1 Å². The summed E-state index contributed by atoms with van der Waals surface area (Å²) in [6.07, 6.45) is -3.93. The summed E-state index contributed by atoms with van der Waals surface area (Å²) in [5, 5.41) is 17.4. The van der Waals surface area contributed by atoms with Crippen LogP contribution in [0.1, 0.15) is 32.0 Å². The molecule has 1 aromatic heterocycles. The van der Waals surface area contributed by atoms with Crippen LogP contribution in [0, 0.1) is 0 Å². The highest BCUT2D eigenvalue weighted by atomic mass is 19.4. The standard InChI is InChI=1S/C32H31N3O7.C2HF3O2/c1-40-27-16-24-25(17-28(27)41-2)30(33-18-26(24)32(38)39)31(37)22-9-6-10-23(15-22)42-20-29(36)35-13-11-34(12-14-35)19-21-7-4-3-5-8-21;3-2(4,5)1(6)7/h3-10,15-18H,11-14,19-20H2,1-2H3,(H,38,39);(H,6,7). The molecule has 1 aliphatic rings. The highest BCUT2D eigenvalue weighted by Crippen LogP contribution is 2.35. The average Bonchev–Trinajstić information content (AvgIpc) is 3.09. The third-order valence-corrected chi connectivity index (χ3v) is 7.51. The van der Waals surface area contributed by atoms with Gasteiger partial charge in [-0.2, -0.15) is 13.2 Å². The van der Waals surface area contributed by atoms with E-state index < -0.39 is 23.9 Å². The summed E-state index contributed by atoms with van der Waals surface area (Å²) in [6, 6.07) is 19.8. The third kappa shape index (κ3) is 9.22. The summed E-state index contributed by atoms with van der Waals surface area (Å²) in [7, 11) is 2.89. The molecule has 0 saturated carbocycles. The van der Waals surface area contributed by atoms with Crippen LogP contribution in [0.2, 0.25) is 0 Å². The van der Waals surface area contributed by atoms with Gasteiger partial charge in [-0.1, -0.05) is 42.5 Å². The van der Waals surface area contributed by atoms with Crippen LogP contribution in [0.4, 0.5) is 13.2 Å². The fourth-order valence-corrected chi connectivity index (χ4v) is 5.01. The largest absolute Gasteiger partial charge is 0.493 e. The number of alkyl halides is 3. The number of halogens is 3. The number of ketones is 1. The molecule has 0 bridgehead atoms. The molecule has 4 aromatic rings. The van der Waals surface area contributed by atoms with Crippen molar-refractivity contribution < 1.29 is 56.8 Å². The SMILES string of the molecule is COc1cc2c(C(=O)O)cnc(C(=O)c3cccc(OCC(=O)N4CCN(Cc5ccccc5)CC4)c3)c2cc1OC.O=C(O)C(F)(F)F. The predicted molar refractivity (Wildman–Crippen MR) is 169 cm³/mol. The molecule has 12 nitrogen and oxygen atoms in total. The number of piperazine rings is 1. The number of aromatic nitrogens is 1. The molecule has 1 saturated heterocycles. The van der Waals surface area contributed by atoms with Gasteiger partial charge in [-0.05, 0) is 29.8 Å². The van der Waals surface area contributed by atoms with Gasteiger partial charge in [-0.25, -0.2) is 9.59 Å². The lowest BCUT2D eigenvalue weighted by atomic mass is 9.99. The summed E-state index contributed by atoms with van der Waals surface area (Å²) >= 11 is 0. The fraction of sp³-hybridized carbons (Fsp3) is 0.265. The molecule has 0 radical (unpaired) electrons. The topological polar surface area (TPSA) is 156 Å². The Morgan fingerprint density at radius 1 is 0.837 bits per heavy atom. The number of ether oxygens (including phenoxy) is 3. The Labute approximate surface area is 278 Å². The van der Waals surface area contributed by atoms with Crippen LogP contribution in [0.3, 0.4) is 0 Å². The van der Waals surface area contributed by atoms with Crippen molar-refractivity contribution in [1.29, 1.82) is 0 Å². The minimum Gasteiger partial charge on any atom is -0.493 e. The number of rotatable bonds is 10. The van der Waals surface area contributed by atoms with Crippen LogP contribution in [0.25, 0.3) is 10.8 Å². The number of nitrogens with zero attached hydrogens (tertiary/aromatic N) is 3. The highest BCUT2D eigenvalue weighted by Gasteiger charge is 2.38. The van der Waals surface area contributed by atoms with Crippen molar-refractivity contribution in [2.75, 3.05) is 47.0 Å². The van der Waals surface area contributed by atoms with Crippen molar-refractivity contribution in [2.45, 2.75) is 12.7 Å². The van der Waals surface area contributed by atoms with Crippen LogP contribution < -0.4 is 14.2 Å². The second-order valence-corrected chi connectivity index (χ2v) is 10.7. The molecule has 5 rings (SSSR count). The smallest absolute Gasteiger partial charge is 0.490 e. The molecule has 49 heavy (non-hydrogen) atoms. The molecule has 0 unspecified atom stereocenters. The lowest BCUT2D eigenvalue weighted by molar-refractivity contribution is -0.192. The fourth-order valence-electron chi connectivity index (χ4n) is 5.01. The van der Waals surface area contributed by atoms with Gasteiger partial charge in [0.1, 0.15) is 11.4 Å². The Morgan fingerprint density at radius 3 is 2.02 bits per heavy atom. The quantitative estimate of drug-likeness (QED) is 0.227. The number of hydrogen-bond donors (Lipinski definition) is 2. The second-order valence-electron chi connectivity index (χ2n) is 10.7. The maximum atomic E-state index is 13.6. The Balaban J connectivity index is 0.000000698. The first-order valence-corrected chi connectivity index (χ1v) is 14.7. The highest BCUT2D eigenvalue weighted by molar-refractivity contribution is 6.18. The third-order valence-electron chi connectivity index (χ3n) is 7.51. The second kappa shape index (κ2) is 15.9. The Bertz CT molecular complexity index is 1830. The number of amides is 1. The molecule has 258 valence electrons. The number of hydrogen-bond acceptors (Lipinski definition) is 9. The zero-order valence-corrected chi connectivity index (χ0v) is 26.4. The predicted octanol–water partition coefficient (Wildman–Crippen LogP) is 4.54. The number of carbonyl (C=O) groups excluding carboxylic acids is 2. The number of aromatic carboxylic acids is 1. The van der Waals surface area contributed by atoms with E-state index in [4.69, 9.17) is 24.1 Å². The zero-order chi connectivity index (χ0) is 35.7. The molecule has 0 atom stereocenters. The van der Waals surface area contributed by atoms with Crippen molar-refractivity contribution >= 4 is 34.4 Å². The maximum absolute atomic E-state index is 13.6. The average molecular weight is 684 g/mol. The van der Waals surface area contributed by atoms with E-state index in [1.54, 1.807) is 35.2 Å². The van der Waals surface area contributed by atoms with Gasteiger partial charge in [-0.15, -0.1) is 0 Å². The minimum absolute atomic E-state index is 0.0533. The molecular weight excluding hydrogens is 651 g/mol. The number of aliphatic carboxylic acids is 1. The molecule has 0 spiro atoms. The van der Waals surface area contributed by atoms with Gasteiger partial charge in [0, 0.05) is 55.3 Å². The maximum Gasteiger partial charge on any atom is 0.490 e. The molecule has 1 amide bonds. The number of benzene rings is 3. The van der Waals surface area contributed by atoms with Gasteiger partial charge in [-0.3, -0.25) is 19.5 Å². The Morgan fingerprint density at radius 2 is 1.45 bits per heavy atom. The van der Waals surface area contributed by atoms with E-state index >= 15 is 0 Å². The van der Waals surface area contributed by atoms with Gasteiger partial charge in [0.25, 0.3) is 5.91 Å². The van der Waals surface area contributed by atoms with E-state index in [9.17, 15) is 32.7 Å². The van der Waals surface area contributed by atoms with E-state index in [0.717, 1.165) is 25.8 Å². The normalized spacial score (nSPS) is 13.2. The summed E-state index contributed by atoms with van der Waals surface area (Å²) < 4.78 is 48.2. The van der Waals surface area contributed by atoms with Crippen LogP contribution in [0.5, 0.6) is 17.2 Å². The lowest BCUT2D eigenvalue weighted by Crippen LogP contribution is -2.49. The van der Waals surface area contributed by atoms with Crippen molar-refractivity contribution in [3.63, 3.8) is 0 Å². The number of fused-ring (bicyclic) bond motifs is 1. The minimum atomic E-state index is -5.08. The summed E-state index contributed by atoms with van der Waals surface area (Å²) in [5.74, 6) is -3.47. The molecule has 0 aliphatic carbocycles. The van der Waals surface area contributed by atoms with Crippen molar-refractivity contribution in [3.8, 4) is 17.2 Å². The van der Waals surface area contributed by atoms with Crippen LogP contribution >= 0.6 is 0 Å². The van der Waals surface area contributed by atoms with Crippen molar-refractivity contribution in [1.82, 2.24) is 14.8 Å². The van der Waals surface area contributed by atoms with Gasteiger partial charge in [0.2, 0.25) is 5.78 Å². The molecular formula is C34H32F3N3O9. The first-order chi connectivity index (χ1) is 23.3. The summed E-state index contributed by atoms with van der Waals surface area (Å²) in [6.45, 7) is 3.50. The molecule has 3 aromatic carbocycles. The number of carboxylic acid groups (broad SMARTS) is 2. The number of methoxy groups -OCH3 is 2.